The number of hydrogen-bond acceptors (Lipinski definition) is 0. The van der Waals surface area contributed by atoms with Crippen molar-refractivity contribution in [1.82, 2.24) is 4.40 Å². The fourth-order valence-corrected chi connectivity index (χ4v) is 7.80. The molecule has 0 unspecified atom stereocenters. The Kier molecular flexibility index (Phi) is 4.31. The van der Waals surface area contributed by atoms with E-state index < -0.39 is 0 Å². The molecule has 0 saturated heterocycles. The van der Waals surface area contributed by atoms with Crippen LogP contribution in [0, 0.1) is 6.92 Å². The Bertz CT molecular complexity index is 2030. The molecule has 0 N–H and O–H groups in total. The average Bonchev–Trinajstić information content (AvgIpc) is 3.56. The number of pyridine rings is 2. The molecule has 3 heterocycles. The van der Waals surface area contributed by atoms with Crippen molar-refractivity contribution in [1.29, 1.82) is 0 Å². The summed E-state index contributed by atoms with van der Waals surface area (Å²) >= 11 is 0. The molecule has 2 heteroatoms. The third-order valence-electron chi connectivity index (χ3n) is 9.40. The first kappa shape index (κ1) is 21.4. The summed E-state index contributed by atoms with van der Waals surface area (Å²) in [5.41, 5.74) is 10.0. The summed E-state index contributed by atoms with van der Waals surface area (Å²) in [7, 11) is 2.24. The van der Waals surface area contributed by atoms with Gasteiger partial charge in [0.15, 0.2) is 6.20 Å². The lowest BCUT2D eigenvalue weighted by molar-refractivity contribution is -0.643. The number of rotatable bonds is 2. The van der Waals surface area contributed by atoms with Gasteiger partial charge in [0.2, 0.25) is 5.52 Å². The molecule has 3 aromatic heterocycles. The molecular weight excluding hydrogens is 448 g/mol. The number of benzene rings is 4. The van der Waals surface area contributed by atoms with E-state index in [2.05, 4.69) is 104 Å². The van der Waals surface area contributed by atoms with Crippen LogP contribution < -0.4 is 4.57 Å². The number of para-hydroxylation sites is 1. The minimum absolute atomic E-state index is 0.454. The normalized spacial score (nSPS) is 15.3. The van der Waals surface area contributed by atoms with E-state index in [9.17, 15) is 0 Å². The number of aryl methyl sites for hydroxylation is 2. The molecule has 1 fully saturated rings. The molecule has 0 amide bonds. The van der Waals surface area contributed by atoms with Crippen molar-refractivity contribution in [2.45, 2.75) is 58.3 Å². The third kappa shape index (κ3) is 2.63. The second kappa shape index (κ2) is 7.44. The molecule has 0 spiro atoms. The van der Waals surface area contributed by atoms with Gasteiger partial charge in [0.05, 0.1) is 27.3 Å². The topological polar surface area (TPSA) is 8.29 Å². The molecule has 8 rings (SSSR count). The highest BCUT2D eigenvalue weighted by molar-refractivity contribution is 6.29. The van der Waals surface area contributed by atoms with Crippen LogP contribution in [0.4, 0.5) is 0 Å². The van der Waals surface area contributed by atoms with Crippen molar-refractivity contribution in [3.8, 4) is 0 Å². The van der Waals surface area contributed by atoms with Crippen molar-refractivity contribution < 1.29 is 4.57 Å². The number of fused-ring (bicyclic) bond motifs is 7. The summed E-state index contributed by atoms with van der Waals surface area (Å²) in [5.74, 6) is 1.06. The molecule has 7 aromatic rings. The first-order chi connectivity index (χ1) is 18.1. The Balaban J connectivity index is 1.82. The summed E-state index contributed by atoms with van der Waals surface area (Å²) in [4.78, 5) is 0. The van der Waals surface area contributed by atoms with Gasteiger partial charge in [-0.3, -0.25) is 0 Å². The molecule has 37 heavy (non-hydrogen) atoms. The predicted octanol–water partition coefficient (Wildman–Crippen LogP) is 9.06. The molecule has 0 radical (unpaired) electrons. The average molecular weight is 482 g/mol. The molecular formula is C35H33N2+. The van der Waals surface area contributed by atoms with Crippen molar-refractivity contribution >= 4 is 59.8 Å². The molecule has 2 nitrogen and oxygen atoms in total. The maximum atomic E-state index is 2.69. The Labute approximate surface area is 217 Å². The second-order valence-electron chi connectivity index (χ2n) is 11.7. The highest BCUT2D eigenvalue weighted by Crippen LogP contribution is 2.49. The fraction of sp³-hybridized carbons (Fsp3) is 0.286. The van der Waals surface area contributed by atoms with Gasteiger partial charge in [0.25, 0.3) is 0 Å². The minimum atomic E-state index is 0.454. The van der Waals surface area contributed by atoms with Crippen LogP contribution in [-0.2, 0) is 7.05 Å². The van der Waals surface area contributed by atoms with Crippen LogP contribution in [0.25, 0.3) is 59.8 Å². The summed E-state index contributed by atoms with van der Waals surface area (Å²) in [5, 5.41) is 9.89. The lowest BCUT2D eigenvalue weighted by Crippen LogP contribution is -2.29. The molecule has 4 aromatic carbocycles. The fourth-order valence-electron chi connectivity index (χ4n) is 7.80. The predicted molar refractivity (Wildman–Crippen MR) is 157 cm³/mol. The van der Waals surface area contributed by atoms with Crippen LogP contribution in [-0.4, -0.2) is 4.40 Å². The highest BCUT2D eigenvalue weighted by atomic mass is 15.0. The number of aromatic nitrogens is 2. The van der Waals surface area contributed by atoms with Crippen LogP contribution in [0.5, 0.6) is 0 Å². The van der Waals surface area contributed by atoms with Crippen LogP contribution >= 0.6 is 0 Å². The first-order valence-electron chi connectivity index (χ1n) is 14.0. The van der Waals surface area contributed by atoms with E-state index in [4.69, 9.17) is 0 Å². The monoisotopic (exact) mass is 481 g/mol. The molecule has 1 aliphatic carbocycles. The highest BCUT2D eigenvalue weighted by Gasteiger charge is 2.31. The van der Waals surface area contributed by atoms with Crippen LogP contribution in [0.15, 0.2) is 66.9 Å². The largest absolute Gasteiger partial charge is 0.307 e. The van der Waals surface area contributed by atoms with Gasteiger partial charge in [0, 0.05) is 16.8 Å². The summed E-state index contributed by atoms with van der Waals surface area (Å²) < 4.78 is 5.07. The maximum absolute atomic E-state index is 2.69. The SMILES string of the molecule is Cc1c2ccccc2c(C2CCCC2)c2c1c1c3c(cc[n+]1C)cc(C(C)C)c1c4ccccc4n2c13. The smallest absolute Gasteiger partial charge is 0.224 e. The molecule has 0 bridgehead atoms. The van der Waals surface area contributed by atoms with Crippen LogP contribution in [0.1, 0.15) is 68.1 Å². The Morgan fingerprint density at radius 2 is 1.51 bits per heavy atom. The first-order valence-corrected chi connectivity index (χ1v) is 14.0. The van der Waals surface area contributed by atoms with Gasteiger partial charge in [-0.2, -0.15) is 0 Å². The van der Waals surface area contributed by atoms with E-state index in [1.165, 1.54) is 96.6 Å². The van der Waals surface area contributed by atoms with Crippen molar-refractivity contribution in [2.75, 3.05) is 0 Å². The third-order valence-corrected chi connectivity index (χ3v) is 9.40. The molecule has 0 atom stereocenters. The van der Waals surface area contributed by atoms with Crippen LogP contribution in [0.2, 0.25) is 0 Å². The maximum Gasteiger partial charge on any atom is 0.224 e. The van der Waals surface area contributed by atoms with E-state index in [0.717, 1.165) is 0 Å². The second-order valence-corrected chi connectivity index (χ2v) is 11.7. The summed E-state index contributed by atoms with van der Waals surface area (Å²) in [6.07, 6.45) is 7.52. The zero-order valence-corrected chi connectivity index (χ0v) is 22.2. The van der Waals surface area contributed by atoms with E-state index in [-0.39, 0.29) is 0 Å². The van der Waals surface area contributed by atoms with Gasteiger partial charge in [-0.25, -0.2) is 4.57 Å². The zero-order valence-electron chi connectivity index (χ0n) is 22.2. The van der Waals surface area contributed by atoms with Gasteiger partial charge in [-0.15, -0.1) is 0 Å². The lowest BCUT2D eigenvalue weighted by atomic mass is 9.85. The van der Waals surface area contributed by atoms with Gasteiger partial charge >= 0.3 is 0 Å². The van der Waals surface area contributed by atoms with Gasteiger partial charge < -0.3 is 4.40 Å². The summed E-state index contributed by atoms with van der Waals surface area (Å²) in [6.45, 7) is 7.05. The molecule has 1 aliphatic rings. The molecule has 182 valence electrons. The molecule has 0 aliphatic heterocycles. The zero-order chi connectivity index (χ0) is 25.0. The van der Waals surface area contributed by atoms with E-state index >= 15 is 0 Å². The molecule has 1 saturated carbocycles. The standard InChI is InChI=1S/C35H33N2/c1-20(2)27-19-23-17-18-36(4)33-29-21(3)24-13-7-8-14-25(24)30(22-11-5-6-12-22)34(29)37-28-16-10-9-15-26(28)32(27)35(37)31(23)33/h7-10,13-20,22H,5-6,11-12H2,1-4H3/q+1. The Morgan fingerprint density at radius 1 is 0.811 bits per heavy atom. The van der Waals surface area contributed by atoms with Gasteiger partial charge in [-0.05, 0) is 76.6 Å². The van der Waals surface area contributed by atoms with Crippen LogP contribution in [0.3, 0.4) is 0 Å². The number of hydrogen-bond donors (Lipinski definition) is 0. The van der Waals surface area contributed by atoms with Gasteiger partial charge in [0.1, 0.15) is 7.05 Å². The lowest BCUT2D eigenvalue weighted by Gasteiger charge is -2.22. The van der Waals surface area contributed by atoms with Gasteiger partial charge in [-0.1, -0.05) is 69.2 Å². The van der Waals surface area contributed by atoms with Crippen molar-refractivity contribution in [2.24, 2.45) is 7.05 Å². The van der Waals surface area contributed by atoms with Crippen molar-refractivity contribution in [3.63, 3.8) is 0 Å². The summed E-state index contributed by atoms with van der Waals surface area (Å²) in [6, 6.07) is 23.1. The quantitative estimate of drug-likeness (QED) is 0.132. The van der Waals surface area contributed by atoms with E-state index in [1.54, 1.807) is 5.56 Å². The van der Waals surface area contributed by atoms with E-state index in [0.29, 0.717) is 11.8 Å². The Morgan fingerprint density at radius 3 is 2.27 bits per heavy atom. The Hall–Kier alpha value is -3.65. The van der Waals surface area contributed by atoms with Crippen molar-refractivity contribution in [3.05, 3.63) is 83.6 Å². The van der Waals surface area contributed by atoms with E-state index in [1.807, 2.05) is 0 Å². The number of nitrogens with zero attached hydrogens (tertiary/aromatic N) is 2. The minimum Gasteiger partial charge on any atom is -0.307 e.